The molecule has 0 saturated carbocycles. The van der Waals surface area contributed by atoms with Crippen molar-refractivity contribution in [1.82, 2.24) is 5.32 Å². The number of alkyl halides is 3. The molecule has 0 aromatic heterocycles. The van der Waals surface area contributed by atoms with E-state index in [1.165, 1.54) is 6.92 Å². The third-order valence-electron chi connectivity index (χ3n) is 3.70. The Balaban J connectivity index is 1.95. The molecule has 0 fully saturated rings. The molecular formula is C20H16F3N3O3. The molecule has 0 saturated heterocycles. The lowest BCUT2D eigenvalue weighted by Gasteiger charge is -2.23. The number of nitriles is 2. The van der Waals surface area contributed by atoms with Crippen molar-refractivity contribution in [1.29, 1.82) is 10.5 Å². The zero-order chi connectivity index (χ0) is 21.5. The van der Waals surface area contributed by atoms with Crippen LogP contribution in [0.1, 0.15) is 28.4 Å². The number of nitrogens with zero attached hydrogens (tertiary/aromatic N) is 2. The molecule has 29 heavy (non-hydrogen) atoms. The molecule has 1 N–H and O–H groups in total. The highest BCUT2D eigenvalue weighted by molar-refractivity contribution is 5.95. The van der Waals surface area contributed by atoms with E-state index in [0.29, 0.717) is 5.56 Å². The molecule has 0 heterocycles. The quantitative estimate of drug-likeness (QED) is 0.761. The first-order chi connectivity index (χ1) is 13.6. The fraction of sp³-hybridized carbons (Fsp3) is 0.250. The predicted octanol–water partition coefficient (Wildman–Crippen LogP) is 3.69. The van der Waals surface area contributed by atoms with Crippen LogP contribution in [-0.4, -0.2) is 24.4 Å². The average molecular weight is 403 g/mol. The van der Waals surface area contributed by atoms with Crippen LogP contribution >= 0.6 is 0 Å². The number of nitrogens with one attached hydrogen (secondary N) is 1. The first-order valence-electron chi connectivity index (χ1n) is 8.30. The second-order valence-corrected chi connectivity index (χ2v) is 6.28. The third-order valence-corrected chi connectivity index (χ3v) is 3.70. The van der Waals surface area contributed by atoms with Gasteiger partial charge in [0.25, 0.3) is 5.91 Å². The second kappa shape index (κ2) is 9.09. The maximum absolute atomic E-state index is 12.3. The Labute approximate surface area is 165 Å². The van der Waals surface area contributed by atoms with Crippen LogP contribution in [-0.2, 0) is 11.3 Å². The standard InChI is InChI=1S/C20H16F3N3O3/c1-19(12-25,13-28-11-15-4-2-3-14(9-15)10-24)26-18(27)16-5-7-17(8-6-16)29-20(21,22)23/h2-9H,11,13H2,1H3,(H,26,27). The third kappa shape index (κ3) is 6.83. The number of hydrogen-bond donors (Lipinski definition) is 1. The van der Waals surface area contributed by atoms with Crippen molar-refractivity contribution in [3.05, 3.63) is 65.2 Å². The minimum atomic E-state index is -4.83. The Kier molecular flexibility index (Phi) is 6.81. The molecule has 1 atom stereocenters. The van der Waals surface area contributed by atoms with Crippen molar-refractivity contribution >= 4 is 5.91 Å². The second-order valence-electron chi connectivity index (χ2n) is 6.28. The van der Waals surface area contributed by atoms with Crippen LogP contribution in [0.25, 0.3) is 0 Å². The first-order valence-corrected chi connectivity index (χ1v) is 8.30. The van der Waals surface area contributed by atoms with E-state index in [2.05, 4.69) is 10.1 Å². The highest BCUT2D eigenvalue weighted by atomic mass is 19.4. The summed E-state index contributed by atoms with van der Waals surface area (Å²) < 4.78 is 45.8. The molecule has 0 aliphatic carbocycles. The molecule has 0 radical (unpaired) electrons. The maximum atomic E-state index is 12.3. The summed E-state index contributed by atoms with van der Waals surface area (Å²) in [5.41, 5.74) is -0.107. The highest BCUT2D eigenvalue weighted by Crippen LogP contribution is 2.23. The minimum Gasteiger partial charge on any atom is -0.406 e. The van der Waals surface area contributed by atoms with Crippen LogP contribution in [0.2, 0.25) is 0 Å². The van der Waals surface area contributed by atoms with Gasteiger partial charge in [0, 0.05) is 5.56 Å². The van der Waals surface area contributed by atoms with E-state index in [9.17, 15) is 23.2 Å². The Morgan fingerprint density at radius 1 is 1.14 bits per heavy atom. The van der Waals surface area contributed by atoms with Crippen molar-refractivity contribution < 1.29 is 27.4 Å². The van der Waals surface area contributed by atoms with Crippen LogP contribution in [0, 0.1) is 22.7 Å². The molecule has 9 heteroatoms. The number of amides is 1. The average Bonchev–Trinajstić information content (AvgIpc) is 2.67. The maximum Gasteiger partial charge on any atom is 0.573 e. The van der Waals surface area contributed by atoms with E-state index in [1.807, 2.05) is 12.1 Å². The SMILES string of the molecule is CC(C#N)(COCc1cccc(C#N)c1)NC(=O)c1ccc(OC(F)(F)F)cc1. The zero-order valence-corrected chi connectivity index (χ0v) is 15.3. The summed E-state index contributed by atoms with van der Waals surface area (Å²) in [7, 11) is 0. The topological polar surface area (TPSA) is 95.1 Å². The van der Waals surface area contributed by atoms with Crippen LogP contribution in [0.4, 0.5) is 13.2 Å². The van der Waals surface area contributed by atoms with Crippen molar-refractivity contribution in [3.63, 3.8) is 0 Å². The van der Waals surface area contributed by atoms with Gasteiger partial charge < -0.3 is 14.8 Å². The van der Waals surface area contributed by atoms with Gasteiger partial charge in [-0.15, -0.1) is 13.2 Å². The van der Waals surface area contributed by atoms with Crippen LogP contribution < -0.4 is 10.1 Å². The van der Waals surface area contributed by atoms with E-state index >= 15 is 0 Å². The van der Waals surface area contributed by atoms with Crippen molar-refractivity contribution in [2.45, 2.75) is 25.4 Å². The molecule has 6 nitrogen and oxygen atoms in total. The molecule has 2 rings (SSSR count). The normalized spacial score (nSPS) is 12.9. The summed E-state index contributed by atoms with van der Waals surface area (Å²) in [5, 5.41) is 20.8. The van der Waals surface area contributed by atoms with E-state index < -0.39 is 23.6 Å². The smallest absolute Gasteiger partial charge is 0.406 e. The lowest BCUT2D eigenvalue weighted by molar-refractivity contribution is -0.274. The lowest BCUT2D eigenvalue weighted by atomic mass is 10.0. The minimum absolute atomic E-state index is 0.0581. The Hall–Kier alpha value is -3.56. The fourth-order valence-corrected chi connectivity index (χ4v) is 2.33. The molecule has 1 unspecified atom stereocenters. The highest BCUT2D eigenvalue weighted by Gasteiger charge is 2.31. The Bertz CT molecular complexity index is 946. The van der Waals surface area contributed by atoms with Gasteiger partial charge in [0.2, 0.25) is 0 Å². The summed E-state index contributed by atoms with van der Waals surface area (Å²) in [4.78, 5) is 12.3. The monoisotopic (exact) mass is 403 g/mol. The van der Waals surface area contributed by atoms with Crippen LogP contribution in [0.5, 0.6) is 5.75 Å². The number of benzene rings is 2. The summed E-state index contributed by atoms with van der Waals surface area (Å²) in [5.74, 6) is -1.11. The lowest BCUT2D eigenvalue weighted by Crippen LogP contribution is -2.48. The Morgan fingerprint density at radius 2 is 1.83 bits per heavy atom. The van der Waals surface area contributed by atoms with E-state index in [0.717, 1.165) is 29.8 Å². The number of carbonyl (C=O) groups excluding carboxylic acids is 1. The van der Waals surface area contributed by atoms with Gasteiger partial charge in [0.15, 0.2) is 0 Å². The van der Waals surface area contributed by atoms with Gasteiger partial charge in [-0.05, 0) is 48.9 Å². The molecule has 0 spiro atoms. The molecular weight excluding hydrogens is 387 g/mol. The summed E-state index contributed by atoms with van der Waals surface area (Å²) in [6.45, 7) is 1.45. The zero-order valence-electron chi connectivity index (χ0n) is 15.3. The van der Waals surface area contributed by atoms with Gasteiger partial charge in [0.1, 0.15) is 11.3 Å². The van der Waals surface area contributed by atoms with Crippen LogP contribution in [0.3, 0.4) is 0 Å². The summed E-state index contributed by atoms with van der Waals surface area (Å²) in [6.07, 6.45) is -4.83. The molecule has 2 aromatic carbocycles. The van der Waals surface area contributed by atoms with Gasteiger partial charge in [0.05, 0.1) is 30.9 Å². The summed E-state index contributed by atoms with van der Waals surface area (Å²) >= 11 is 0. The van der Waals surface area contributed by atoms with Gasteiger partial charge in [-0.3, -0.25) is 4.79 Å². The number of rotatable bonds is 7. The summed E-state index contributed by atoms with van der Waals surface area (Å²) in [6, 6.07) is 15.0. The largest absolute Gasteiger partial charge is 0.573 e. The molecule has 0 bridgehead atoms. The number of halogens is 3. The van der Waals surface area contributed by atoms with Gasteiger partial charge in [-0.1, -0.05) is 12.1 Å². The molecule has 2 aromatic rings. The van der Waals surface area contributed by atoms with Gasteiger partial charge in [-0.2, -0.15) is 10.5 Å². The number of hydrogen-bond acceptors (Lipinski definition) is 5. The van der Waals surface area contributed by atoms with E-state index in [4.69, 9.17) is 10.00 Å². The van der Waals surface area contributed by atoms with Gasteiger partial charge in [-0.25, -0.2) is 0 Å². The van der Waals surface area contributed by atoms with E-state index in [-0.39, 0.29) is 18.8 Å². The predicted molar refractivity (Wildman–Crippen MR) is 95.4 cm³/mol. The molecule has 0 aliphatic rings. The fourth-order valence-electron chi connectivity index (χ4n) is 2.33. The van der Waals surface area contributed by atoms with Crippen molar-refractivity contribution in [3.8, 4) is 17.9 Å². The molecule has 150 valence electrons. The number of carbonyl (C=O) groups is 1. The van der Waals surface area contributed by atoms with Crippen molar-refractivity contribution in [2.24, 2.45) is 0 Å². The van der Waals surface area contributed by atoms with Crippen molar-refractivity contribution in [2.75, 3.05) is 6.61 Å². The van der Waals surface area contributed by atoms with Crippen LogP contribution in [0.15, 0.2) is 48.5 Å². The Morgan fingerprint density at radius 3 is 2.41 bits per heavy atom. The first kappa shape index (κ1) is 21.7. The van der Waals surface area contributed by atoms with E-state index in [1.54, 1.807) is 24.3 Å². The van der Waals surface area contributed by atoms with Gasteiger partial charge >= 0.3 is 6.36 Å². The molecule has 1 amide bonds. The number of ether oxygens (including phenoxy) is 2. The molecule has 0 aliphatic heterocycles.